The number of thiazole rings is 1. The zero-order valence-electron chi connectivity index (χ0n) is 14.5. The van der Waals surface area contributed by atoms with Crippen molar-refractivity contribution in [2.24, 2.45) is 0 Å². The number of methoxy groups -OCH3 is 1. The molecule has 0 bridgehead atoms. The highest BCUT2D eigenvalue weighted by Crippen LogP contribution is 2.35. The van der Waals surface area contributed by atoms with E-state index in [9.17, 15) is 4.79 Å². The summed E-state index contributed by atoms with van der Waals surface area (Å²) >= 11 is 1.35. The number of ether oxygens (including phenoxy) is 3. The molecule has 0 saturated heterocycles. The summed E-state index contributed by atoms with van der Waals surface area (Å²) in [7, 11) is 1.59. The smallest absolute Gasteiger partial charge is 0.325 e. The highest BCUT2D eigenvalue weighted by molar-refractivity contribution is 7.14. The normalized spacial score (nSPS) is 12.3. The van der Waals surface area contributed by atoms with Crippen LogP contribution in [0.2, 0.25) is 0 Å². The Hall–Kier alpha value is -3.26. The van der Waals surface area contributed by atoms with Crippen molar-refractivity contribution in [3.8, 4) is 28.5 Å². The summed E-state index contributed by atoms with van der Waals surface area (Å²) in [5.74, 6) is 2.17. The molecule has 1 aromatic heterocycles. The summed E-state index contributed by atoms with van der Waals surface area (Å²) in [5, 5.41) is 7.89. The molecule has 27 heavy (non-hydrogen) atoms. The number of hydrogen-bond acceptors (Lipinski definition) is 6. The largest absolute Gasteiger partial charge is 0.497 e. The zero-order valence-corrected chi connectivity index (χ0v) is 15.3. The average molecular weight is 383 g/mol. The van der Waals surface area contributed by atoms with E-state index in [0.29, 0.717) is 29.8 Å². The standard InChI is InChI=1S/C19H17N3O4S/c1-24-14-5-3-13(4-6-14)20-18(23)22-19-21-15(11-27-19)12-2-7-16-17(10-12)26-9-8-25-16/h2-7,10-11H,8-9H2,1H3,(H2,20,21,22,23). The van der Waals surface area contributed by atoms with Gasteiger partial charge in [-0.05, 0) is 42.5 Å². The predicted octanol–water partition coefficient (Wildman–Crippen LogP) is 4.23. The molecule has 1 aliphatic heterocycles. The van der Waals surface area contributed by atoms with Crippen molar-refractivity contribution in [1.29, 1.82) is 0 Å². The Morgan fingerprint density at radius 1 is 1.07 bits per heavy atom. The number of aromatic nitrogens is 1. The van der Waals surface area contributed by atoms with Crippen LogP contribution in [0, 0.1) is 0 Å². The fourth-order valence-electron chi connectivity index (χ4n) is 2.60. The highest BCUT2D eigenvalue weighted by atomic mass is 32.1. The first-order valence-electron chi connectivity index (χ1n) is 8.29. The van der Waals surface area contributed by atoms with Crippen molar-refractivity contribution >= 4 is 28.2 Å². The van der Waals surface area contributed by atoms with Gasteiger partial charge in [-0.1, -0.05) is 0 Å². The lowest BCUT2D eigenvalue weighted by molar-refractivity contribution is 0.171. The molecule has 4 rings (SSSR count). The first-order valence-corrected chi connectivity index (χ1v) is 9.17. The van der Waals surface area contributed by atoms with Crippen LogP contribution in [0.15, 0.2) is 47.8 Å². The number of fused-ring (bicyclic) bond motifs is 1. The molecule has 7 nitrogen and oxygen atoms in total. The minimum absolute atomic E-state index is 0.358. The topological polar surface area (TPSA) is 81.7 Å². The minimum atomic E-state index is -0.358. The second-order valence-electron chi connectivity index (χ2n) is 5.70. The van der Waals surface area contributed by atoms with E-state index in [1.165, 1.54) is 11.3 Å². The van der Waals surface area contributed by atoms with Gasteiger partial charge in [-0.3, -0.25) is 5.32 Å². The SMILES string of the molecule is COc1ccc(NC(=O)Nc2nc(-c3ccc4c(c3)OCCO4)cs2)cc1. The number of urea groups is 1. The van der Waals surface area contributed by atoms with Crippen LogP contribution < -0.4 is 24.8 Å². The van der Waals surface area contributed by atoms with Gasteiger partial charge in [-0.25, -0.2) is 9.78 Å². The van der Waals surface area contributed by atoms with E-state index in [2.05, 4.69) is 15.6 Å². The van der Waals surface area contributed by atoms with Gasteiger partial charge in [0.05, 0.1) is 12.8 Å². The number of rotatable bonds is 4. The summed E-state index contributed by atoms with van der Waals surface area (Å²) < 4.78 is 16.2. The summed E-state index contributed by atoms with van der Waals surface area (Å²) in [6, 6.07) is 12.4. The predicted molar refractivity (Wildman–Crippen MR) is 104 cm³/mol. The molecule has 8 heteroatoms. The number of carbonyl (C=O) groups excluding carboxylic acids is 1. The maximum Gasteiger partial charge on any atom is 0.325 e. The van der Waals surface area contributed by atoms with E-state index in [1.54, 1.807) is 31.4 Å². The van der Waals surface area contributed by atoms with E-state index >= 15 is 0 Å². The molecular weight excluding hydrogens is 366 g/mol. The molecule has 0 fully saturated rings. The summed E-state index contributed by atoms with van der Waals surface area (Å²) in [6.45, 7) is 1.09. The number of nitrogens with one attached hydrogen (secondary N) is 2. The van der Waals surface area contributed by atoms with Gasteiger partial charge in [0.2, 0.25) is 0 Å². The molecule has 2 amide bonds. The molecule has 0 saturated carbocycles. The third-order valence-corrected chi connectivity index (χ3v) is 4.67. The third kappa shape index (κ3) is 3.95. The van der Waals surface area contributed by atoms with Crippen molar-refractivity contribution in [2.45, 2.75) is 0 Å². The molecule has 2 aromatic carbocycles. The van der Waals surface area contributed by atoms with E-state index < -0.39 is 0 Å². The monoisotopic (exact) mass is 383 g/mol. The Labute approximate surface area is 159 Å². The van der Waals surface area contributed by atoms with E-state index in [0.717, 1.165) is 22.8 Å². The van der Waals surface area contributed by atoms with Crippen LogP contribution in [0.25, 0.3) is 11.3 Å². The number of amides is 2. The number of benzene rings is 2. The van der Waals surface area contributed by atoms with Gasteiger partial charge in [0.1, 0.15) is 19.0 Å². The zero-order chi connectivity index (χ0) is 18.6. The molecule has 138 valence electrons. The molecule has 0 spiro atoms. The van der Waals surface area contributed by atoms with Crippen molar-refractivity contribution < 1.29 is 19.0 Å². The second kappa shape index (κ2) is 7.55. The summed E-state index contributed by atoms with van der Waals surface area (Å²) in [4.78, 5) is 16.6. The first kappa shape index (κ1) is 17.2. The quantitative estimate of drug-likeness (QED) is 0.704. The fourth-order valence-corrected chi connectivity index (χ4v) is 3.31. The van der Waals surface area contributed by atoms with Crippen LogP contribution in [0.3, 0.4) is 0 Å². The van der Waals surface area contributed by atoms with E-state index in [1.807, 2.05) is 23.6 Å². The van der Waals surface area contributed by atoms with Crippen LogP contribution in [0.5, 0.6) is 17.2 Å². The van der Waals surface area contributed by atoms with Crippen molar-refractivity contribution in [1.82, 2.24) is 4.98 Å². The number of carbonyl (C=O) groups is 1. The van der Waals surface area contributed by atoms with Crippen LogP contribution in [-0.4, -0.2) is 31.3 Å². The van der Waals surface area contributed by atoms with Crippen LogP contribution in [-0.2, 0) is 0 Å². The summed E-state index contributed by atoms with van der Waals surface area (Å²) in [5.41, 5.74) is 2.33. The molecule has 0 unspecified atom stereocenters. The molecule has 0 atom stereocenters. The van der Waals surface area contributed by atoms with Gasteiger partial charge in [-0.2, -0.15) is 0 Å². The lowest BCUT2D eigenvalue weighted by atomic mass is 10.1. The maximum absolute atomic E-state index is 12.2. The van der Waals surface area contributed by atoms with Gasteiger partial charge < -0.3 is 19.5 Å². The Morgan fingerprint density at radius 2 is 1.85 bits per heavy atom. The fraction of sp³-hybridized carbons (Fsp3) is 0.158. The average Bonchev–Trinajstić information content (AvgIpc) is 3.16. The number of anilines is 2. The highest BCUT2D eigenvalue weighted by Gasteiger charge is 2.14. The van der Waals surface area contributed by atoms with E-state index in [-0.39, 0.29) is 6.03 Å². The summed E-state index contributed by atoms with van der Waals surface area (Å²) in [6.07, 6.45) is 0. The maximum atomic E-state index is 12.2. The van der Waals surface area contributed by atoms with Crippen molar-refractivity contribution in [2.75, 3.05) is 31.0 Å². The second-order valence-corrected chi connectivity index (χ2v) is 6.56. The van der Waals surface area contributed by atoms with Crippen LogP contribution in [0.4, 0.5) is 15.6 Å². The lowest BCUT2D eigenvalue weighted by Gasteiger charge is -2.18. The molecule has 2 heterocycles. The van der Waals surface area contributed by atoms with E-state index in [4.69, 9.17) is 14.2 Å². The Morgan fingerprint density at radius 3 is 2.63 bits per heavy atom. The Bertz CT molecular complexity index is 956. The molecule has 0 aliphatic carbocycles. The number of nitrogens with zero attached hydrogens (tertiary/aromatic N) is 1. The van der Waals surface area contributed by atoms with Crippen LogP contribution in [0.1, 0.15) is 0 Å². The first-order chi connectivity index (χ1) is 13.2. The van der Waals surface area contributed by atoms with Gasteiger partial charge in [-0.15, -0.1) is 11.3 Å². The third-order valence-electron chi connectivity index (χ3n) is 3.91. The number of hydrogen-bond donors (Lipinski definition) is 2. The molecule has 2 N–H and O–H groups in total. The van der Waals surface area contributed by atoms with Gasteiger partial charge in [0.15, 0.2) is 16.6 Å². The lowest BCUT2D eigenvalue weighted by Crippen LogP contribution is -2.19. The van der Waals surface area contributed by atoms with Gasteiger partial charge >= 0.3 is 6.03 Å². The van der Waals surface area contributed by atoms with Crippen molar-refractivity contribution in [3.63, 3.8) is 0 Å². The Balaban J connectivity index is 1.42. The molecular formula is C19H17N3O4S. The Kier molecular flexibility index (Phi) is 4.80. The van der Waals surface area contributed by atoms with Crippen molar-refractivity contribution in [3.05, 3.63) is 47.8 Å². The van der Waals surface area contributed by atoms with Gasteiger partial charge in [0.25, 0.3) is 0 Å². The molecule has 3 aromatic rings. The van der Waals surface area contributed by atoms with Crippen LogP contribution >= 0.6 is 11.3 Å². The molecule has 1 aliphatic rings. The minimum Gasteiger partial charge on any atom is -0.497 e. The molecule has 0 radical (unpaired) electrons. The van der Waals surface area contributed by atoms with Gasteiger partial charge in [0, 0.05) is 16.6 Å².